The lowest BCUT2D eigenvalue weighted by molar-refractivity contribution is -0.131. The van der Waals surface area contributed by atoms with Crippen LogP contribution in [0.3, 0.4) is 0 Å². The van der Waals surface area contributed by atoms with E-state index >= 15 is 0 Å². The van der Waals surface area contributed by atoms with Gasteiger partial charge in [-0.1, -0.05) is 24.3 Å². The van der Waals surface area contributed by atoms with E-state index in [0.717, 1.165) is 23.6 Å². The van der Waals surface area contributed by atoms with Gasteiger partial charge < -0.3 is 58.7 Å². The Morgan fingerprint density at radius 3 is 1.02 bits per heavy atom. The second-order valence-corrected chi connectivity index (χ2v) is 19.7. The van der Waals surface area contributed by atoms with Gasteiger partial charge in [0.1, 0.15) is 0 Å². The fraction of sp³-hybridized carbons (Fsp3) is 0.615. The van der Waals surface area contributed by atoms with Gasteiger partial charge in [-0.25, -0.2) is 0 Å². The molecular formula is C26H46N4O16P4. The Hall–Kier alpha value is -2.30. The minimum atomic E-state index is -5.27. The van der Waals surface area contributed by atoms with Gasteiger partial charge in [0.25, 0.3) is 0 Å². The summed E-state index contributed by atoms with van der Waals surface area (Å²) in [5.41, 5.74) is 1.30. The molecule has 1 aromatic rings. The quantitative estimate of drug-likeness (QED) is 0.0819. The summed E-state index contributed by atoms with van der Waals surface area (Å²) in [6.07, 6.45) is 0.207. The normalized spacial score (nSPS) is 12.6. The van der Waals surface area contributed by atoms with Crippen molar-refractivity contribution < 1.29 is 76.6 Å². The lowest BCUT2D eigenvalue weighted by atomic mass is 10.1. The van der Waals surface area contributed by atoms with Crippen LogP contribution < -0.4 is 0 Å². The van der Waals surface area contributed by atoms with Crippen LogP contribution in [0.4, 0.5) is 0 Å². The van der Waals surface area contributed by atoms with Gasteiger partial charge in [0.15, 0.2) is 10.8 Å². The van der Waals surface area contributed by atoms with Crippen LogP contribution in [0.2, 0.25) is 0 Å². The van der Waals surface area contributed by atoms with E-state index in [0.29, 0.717) is 11.1 Å². The maximum Gasteiger partial charge on any atom is 0.342 e. The maximum atomic E-state index is 12.4. The third-order valence-corrected chi connectivity index (χ3v) is 14.9. The SMILES string of the molecule is CC(=O)N(CCCN(CC(P(=O)(O)O)P(=O)(O)O)C(C)=O)Cc1cccc(CN(CCCN(CC(P(=O)(O)O)P(=O)(O)O)C(C)=O)C(C)=O)c1. The van der Waals surface area contributed by atoms with Crippen molar-refractivity contribution in [3.63, 3.8) is 0 Å². The topological polar surface area (TPSA) is 311 Å². The van der Waals surface area contributed by atoms with Crippen molar-refractivity contribution in [3.8, 4) is 0 Å². The monoisotopic (exact) mass is 794 g/mol. The Labute approximate surface area is 289 Å². The highest BCUT2D eigenvalue weighted by molar-refractivity contribution is 7.71. The molecular weight excluding hydrogens is 748 g/mol. The molecule has 0 saturated carbocycles. The molecule has 0 unspecified atom stereocenters. The molecule has 8 N–H and O–H groups in total. The molecule has 1 aromatic carbocycles. The van der Waals surface area contributed by atoms with Crippen molar-refractivity contribution in [2.45, 2.75) is 64.4 Å². The van der Waals surface area contributed by atoms with E-state index in [2.05, 4.69) is 0 Å². The fourth-order valence-electron chi connectivity index (χ4n) is 4.83. The number of hydrogen-bond acceptors (Lipinski definition) is 8. The van der Waals surface area contributed by atoms with Crippen LogP contribution in [0.25, 0.3) is 0 Å². The van der Waals surface area contributed by atoms with Crippen LogP contribution in [-0.2, 0) is 50.5 Å². The van der Waals surface area contributed by atoms with Gasteiger partial charge in [-0.2, -0.15) is 0 Å². The Morgan fingerprint density at radius 1 is 0.520 bits per heavy atom. The smallest absolute Gasteiger partial charge is 0.341 e. The molecule has 0 aromatic heterocycles. The molecule has 4 amide bonds. The fourth-order valence-corrected chi connectivity index (χ4v) is 9.61. The highest BCUT2D eigenvalue weighted by Crippen LogP contribution is 2.60. The molecule has 20 nitrogen and oxygen atoms in total. The minimum absolute atomic E-state index is 0.0664. The molecule has 50 heavy (non-hydrogen) atoms. The van der Waals surface area contributed by atoms with E-state index in [1.807, 2.05) is 0 Å². The van der Waals surface area contributed by atoms with Gasteiger partial charge in [0, 0.05) is 80.1 Å². The highest BCUT2D eigenvalue weighted by atomic mass is 31.2. The summed E-state index contributed by atoms with van der Waals surface area (Å²) >= 11 is 0. The summed E-state index contributed by atoms with van der Waals surface area (Å²) in [5.74, 6) is -2.08. The summed E-state index contributed by atoms with van der Waals surface area (Å²) in [4.78, 5) is 129. The predicted molar refractivity (Wildman–Crippen MR) is 178 cm³/mol. The standard InChI is InChI=1S/C26H46N4O16P4/c1-19(31)27(10-6-12-29(21(3)33)17-25(47(35,36)37)48(38,39)40)15-23-8-5-9-24(14-23)16-28(20(2)32)11-7-13-30(22(4)34)18-26(49(41,42)43)50(44,45)46/h5,8-9,14,25-26H,6-7,10-13,15-18H2,1-4H3,(H2,35,36,37)(H2,38,39,40)(H2,41,42,43)(H2,44,45,46). The van der Waals surface area contributed by atoms with Gasteiger partial charge in [0.2, 0.25) is 23.6 Å². The molecule has 0 aliphatic carbocycles. The van der Waals surface area contributed by atoms with Gasteiger partial charge >= 0.3 is 30.4 Å². The number of amides is 4. The second kappa shape index (κ2) is 19.0. The van der Waals surface area contributed by atoms with Crippen molar-refractivity contribution in [2.75, 3.05) is 39.3 Å². The number of nitrogens with zero attached hydrogens (tertiary/aromatic N) is 4. The highest BCUT2D eigenvalue weighted by Gasteiger charge is 2.45. The van der Waals surface area contributed by atoms with Crippen LogP contribution in [-0.4, -0.2) is 132 Å². The third kappa shape index (κ3) is 15.9. The first-order valence-electron chi connectivity index (χ1n) is 14.9. The summed E-state index contributed by atoms with van der Waals surface area (Å²) in [5, 5.41) is -4.80. The largest absolute Gasteiger partial charge is 0.342 e. The average molecular weight is 795 g/mol. The molecule has 24 heteroatoms. The van der Waals surface area contributed by atoms with Crippen molar-refractivity contribution in [1.29, 1.82) is 0 Å². The lowest BCUT2D eigenvalue weighted by Crippen LogP contribution is -2.39. The molecule has 0 atom stereocenters. The molecule has 0 radical (unpaired) electrons. The summed E-state index contributed by atoms with van der Waals surface area (Å²) in [7, 11) is -21.1. The van der Waals surface area contributed by atoms with Gasteiger partial charge in [-0.05, 0) is 24.0 Å². The number of rotatable bonds is 20. The predicted octanol–water partition coefficient (Wildman–Crippen LogP) is 0.224. The third-order valence-electron chi connectivity index (χ3n) is 7.55. The molecule has 0 aliphatic rings. The van der Waals surface area contributed by atoms with E-state index in [-0.39, 0.29) is 63.9 Å². The Kier molecular flexibility index (Phi) is 17.3. The Bertz CT molecular complexity index is 1400. The van der Waals surface area contributed by atoms with Crippen LogP contribution in [0.1, 0.15) is 51.7 Å². The van der Waals surface area contributed by atoms with E-state index in [4.69, 9.17) is 0 Å². The first-order valence-corrected chi connectivity index (χ1v) is 21.7. The Balaban J connectivity index is 2.96. The molecule has 0 spiro atoms. The number of carbonyl (C=O) groups is 4. The summed E-state index contributed by atoms with van der Waals surface area (Å²) in [6.45, 7) is 2.93. The van der Waals surface area contributed by atoms with E-state index in [1.54, 1.807) is 24.3 Å². The number of hydrogen-bond donors (Lipinski definition) is 8. The van der Waals surface area contributed by atoms with Crippen molar-refractivity contribution >= 4 is 54.0 Å². The number of carbonyl (C=O) groups excluding carboxylic acids is 4. The molecule has 0 aliphatic heterocycles. The van der Waals surface area contributed by atoms with Crippen LogP contribution in [0.15, 0.2) is 24.3 Å². The van der Waals surface area contributed by atoms with E-state index in [9.17, 15) is 76.6 Å². The van der Waals surface area contributed by atoms with Gasteiger partial charge in [-0.3, -0.25) is 37.4 Å². The molecule has 286 valence electrons. The number of benzene rings is 1. The van der Waals surface area contributed by atoms with Crippen LogP contribution >= 0.6 is 30.4 Å². The van der Waals surface area contributed by atoms with Crippen LogP contribution in [0.5, 0.6) is 0 Å². The van der Waals surface area contributed by atoms with Gasteiger partial charge in [0.05, 0.1) is 0 Å². The zero-order chi connectivity index (χ0) is 38.8. The maximum absolute atomic E-state index is 12.4. The zero-order valence-electron chi connectivity index (χ0n) is 28.0. The van der Waals surface area contributed by atoms with Crippen LogP contribution in [0, 0.1) is 0 Å². The minimum Gasteiger partial charge on any atom is -0.341 e. The van der Waals surface area contributed by atoms with Crippen molar-refractivity contribution in [2.24, 2.45) is 0 Å². The first kappa shape index (κ1) is 45.7. The molecule has 1 rings (SSSR count). The van der Waals surface area contributed by atoms with Crippen molar-refractivity contribution in [3.05, 3.63) is 35.4 Å². The Morgan fingerprint density at radius 2 is 0.780 bits per heavy atom. The molecule has 0 fully saturated rings. The van der Waals surface area contributed by atoms with Gasteiger partial charge in [-0.15, -0.1) is 0 Å². The van der Waals surface area contributed by atoms with E-state index in [1.165, 1.54) is 23.6 Å². The van der Waals surface area contributed by atoms with E-state index < -0.39 is 66.1 Å². The zero-order valence-corrected chi connectivity index (χ0v) is 31.5. The second-order valence-electron chi connectivity index (χ2n) is 11.7. The lowest BCUT2D eigenvalue weighted by Gasteiger charge is -2.29. The summed E-state index contributed by atoms with van der Waals surface area (Å²) in [6, 6.07) is 6.84. The first-order chi connectivity index (χ1) is 22.6. The molecule has 0 heterocycles. The molecule has 0 saturated heterocycles. The summed E-state index contributed by atoms with van der Waals surface area (Å²) < 4.78 is 46.7. The average Bonchev–Trinajstić information content (AvgIpc) is 2.92. The molecule has 0 bridgehead atoms. The van der Waals surface area contributed by atoms with Crippen molar-refractivity contribution in [1.82, 2.24) is 19.6 Å².